The third kappa shape index (κ3) is 22.2. The highest BCUT2D eigenvalue weighted by Crippen LogP contribution is 2.27. The lowest BCUT2D eigenvalue weighted by Crippen LogP contribution is -2.28. The number of aliphatic hydroxyl groups excluding tert-OH is 2. The molecule has 0 radical (unpaired) electrons. The molecule has 0 heterocycles. The third-order valence-corrected chi connectivity index (χ3v) is 3.28. The Morgan fingerprint density at radius 1 is 0.800 bits per heavy atom. The van der Waals surface area contributed by atoms with E-state index in [4.69, 9.17) is 20.4 Å². The van der Waals surface area contributed by atoms with Gasteiger partial charge in [0.1, 0.15) is 24.4 Å². The molecule has 0 bridgehead atoms. The molecule has 0 rings (SSSR count). The molecular weight excluding hydrogens is 332 g/mol. The van der Waals surface area contributed by atoms with Gasteiger partial charge in [-0.2, -0.15) is 0 Å². The maximum Gasteiger partial charge on any atom is 0.310 e. The second-order valence-corrected chi connectivity index (χ2v) is 5.82. The maximum absolute atomic E-state index is 9.87. The van der Waals surface area contributed by atoms with Crippen LogP contribution < -0.4 is 0 Å². The minimum Gasteiger partial charge on any atom is -0.481 e. The number of carbonyl (C=O) groups excluding carboxylic acids is 2. The maximum atomic E-state index is 9.87. The molecule has 148 valence electrons. The van der Waals surface area contributed by atoms with Gasteiger partial charge in [0.25, 0.3) is 0 Å². The molecule has 8 heteroatoms. The average Bonchev–Trinajstić information content (AvgIpc) is 2.48. The van der Waals surface area contributed by atoms with Crippen LogP contribution in [0.3, 0.4) is 0 Å². The fourth-order valence-electron chi connectivity index (χ4n) is 1.59. The number of Topliss-reactive ketones (excluding diaryl/α,β-unsaturated/α-hetero) is 2. The second kappa shape index (κ2) is 17.0. The van der Waals surface area contributed by atoms with E-state index in [-0.39, 0.29) is 43.0 Å². The molecule has 0 saturated carbocycles. The number of carboxylic acids is 2. The van der Waals surface area contributed by atoms with Crippen LogP contribution in [0.2, 0.25) is 0 Å². The number of unbranched alkanes of at least 4 members (excludes halogenated alkanes) is 1. The SMILES string of the molecule is CC(=O)CC(=O)O.CC(=O)CC(=O)O.CCCCC(CC)(CO)CO. The summed E-state index contributed by atoms with van der Waals surface area (Å²) in [6.45, 7) is 6.85. The largest absolute Gasteiger partial charge is 0.481 e. The van der Waals surface area contributed by atoms with Crippen LogP contribution >= 0.6 is 0 Å². The fraction of sp³-hybridized carbons (Fsp3) is 0.765. The summed E-state index contributed by atoms with van der Waals surface area (Å²) in [5.74, 6) is -2.75. The Bertz CT molecular complexity index is 341. The van der Waals surface area contributed by atoms with Crippen molar-refractivity contribution in [2.75, 3.05) is 13.2 Å². The first-order valence-corrected chi connectivity index (χ1v) is 8.14. The van der Waals surface area contributed by atoms with Gasteiger partial charge < -0.3 is 20.4 Å². The van der Waals surface area contributed by atoms with Gasteiger partial charge in [0.2, 0.25) is 0 Å². The summed E-state index contributed by atoms with van der Waals surface area (Å²) in [7, 11) is 0. The minimum atomic E-state index is -1.06. The third-order valence-electron chi connectivity index (χ3n) is 3.28. The molecule has 0 aliphatic heterocycles. The molecule has 0 unspecified atom stereocenters. The van der Waals surface area contributed by atoms with Gasteiger partial charge in [-0.25, -0.2) is 0 Å². The standard InChI is InChI=1S/C9H20O2.2C4H6O3/c1-3-5-6-9(4-2,7-10)8-11;2*1-3(5)2-4(6)7/h10-11H,3-8H2,1-2H3;2*2H2,1H3,(H,6,7). The van der Waals surface area contributed by atoms with Crippen LogP contribution in [-0.4, -0.2) is 57.1 Å². The minimum absolute atomic E-state index is 0.111. The van der Waals surface area contributed by atoms with Crippen LogP contribution in [0.15, 0.2) is 0 Å². The van der Waals surface area contributed by atoms with Crippen LogP contribution in [0.4, 0.5) is 0 Å². The molecule has 0 saturated heterocycles. The van der Waals surface area contributed by atoms with Gasteiger partial charge in [0, 0.05) is 5.41 Å². The Morgan fingerprint density at radius 3 is 1.28 bits per heavy atom. The molecule has 25 heavy (non-hydrogen) atoms. The van der Waals surface area contributed by atoms with Crippen molar-refractivity contribution >= 4 is 23.5 Å². The Labute approximate surface area is 148 Å². The zero-order valence-corrected chi connectivity index (χ0v) is 15.6. The topological polar surface area (TPSA) is 149 Å². The van der Waals surface area contributed by atoms with E-state index in [1.165, 1.54) is 13.8 Å². The average molecular weight is 364 g/mol. The van der Waals surface area contributed by atoms with Crippen molar-refractivity contribution in [1.82, 2.24) is 0 Å². The van der Waals surface area contributed by atoms with Crippen LogP contribution in [0.5, 0.6) is 0 Å². The van der Waals surface area contributed by atoms with Crippen molar-refractivity contribution in [3.63, 3.8) is 0 Å². The number of ketones is 2. The summed E-state index contributed by atoms with van der Waals surface area (Å²) in [6.07, 6.45) is 3.30. The number of aliphatic hydroxyl groups is 2. The Balaban J connectivity index is -0.000000304. The first-order valence-electron chi connectivity index (χ1n) is 8.14. The molecule has 0 aromatic carbocycles. The van der Waals surface area contributed by atoms with Crippen LogP contribution in [0, 0.1) is 5.41 Å². The lowest BCUT2D eigenvalue weighted by atomic mass is 9.82. The Kier molecular flexibility index (Phi) is 19.1. The Morgan fingerprint density at radius 2 is 1.16 bits per heavy atom. The number of aliphatic carboxylic acids is 2. The molecule has 0 amide bonds. The van der Waals surface area contributed by atoms with E-state index in [2.05, 4.69) is 6.92 Å². The molecule has 0 fully saturated rings. The van der Waals surface area contributed by atoms with E-state index in [0.717, 1.165) is 25.7 Å². The van der Waals surface area contributed by atoms with Gasteiger partial charge in [-0.3, -0.25) is 19.2 Å². The fourth-order valence-corrected chi connectivity index (χ4v) is 1.59. The van der Waals surface area contributed by atoms with E-state index < -0.39 is 11.9 Å². The Hall–Kier alpha value is -1.80. The van der Waals surface area contributed by atoms with Crippen molar-refractivity contribution < 1.29 is 39.6 Å². The van der Waals surface area contributed by atoms with Gasteiger partial charge in [-0.15, -0.1) is 0 Å². The lowest BCUT2D eigenvalue weighted by Gasteiger charge is -2.27. The van der Waals surface area contributed by atoms with Crippen LogP contribution in [0.1, 0.15) is 66.2 Å². The summed E-state index contributed by atoms with van der Waals surface area (Å²) in [5.41, 5.74) is -0.212. The normalized spacial score (nSPS) is 9.84. The molecule has 0 atom stereocenters. The zero-order valence-electron chi connectivity index (χ0n) is 15.6. The highest BCUT2D eigenvalue weighted by molar-refractivity contribution is 5.93. The van der Waals surface area contributed by atoms with Gasteiger partial charge in [0.15, 0.2) is 0 Å². The van der Waals surface area contributed by atoms with Gasteiger partial charge >= 0.3 is 11.9 Å². The molecule has 8 nitrogen and oxygen atoms in total. The quantitative estimate of drug-likeness (QED) is 0.427. The van der Waals surface area contributed by atoms with Crippen molar-refractivity contribution in [2.45, 2.75) is 66.2 Å². The van der Waals surface area contributed by atoms with Gasteiger partial charge in [-0.05, 0) is 26.7 Å². The number of carboxylic acid groups (broad SMARTS) is 2. The number of hydrogen-bond acceptors (Lipinski definition) is 6. The first kappa shape index (κ1) is 28.0. The summed E-state index contributed by atoms with van der Waals surface area (Å²) < 4.78 is 0. The van der Waals surface area contributed by atoms with E-state index in [0.29, 0.717) is 0 Å². The summed E-state index contributed by atoms with van der Waals surface area (Å²) in [6, 6.07) is 0. The first-order chi connectivity index (χ1) is 11.5. The number of hydrogen-bond donors (Lipinski definition) is 4. The molecule has 0 aliphatic carbocycles. The predicted octanol–water partition coefficient (Wildman–Crippen LogP) is 1.66. The molecule has 0 aromatic heterocycles. The molecule has 4 N–H and O–H groups in total. The highest BCUT2D eigenvalue weighted by Gasteiger charge is 2.25. The zero-order chi connectivity index (χ0) is 20.5. The van der Waals surface area contributed by atoms with Gasteiger partial charge in [-0.1, -0.05) is 26.7 Å². The molecule has 0 aliphatic rings. The van der Waals surface area contributed by atoms with Crippen LogP contribution in [0.25, 0.3) is 0 Å². The van der Waals surface area contributed by atoms with E-state index in [1.54, 1.807) is 0 Å². The van der Waals surface area contributed by atoms with Crippen molar-refractivity contribution in [2.24, 2.45) is 5.41 Å². The van der Waals surface area contributed by atoms with Crippen molar-refractivity contribution in [3.8, 4) is 0 Å². The van der Waals surface area contributed by atoms with E-state index in [9.17, 15) is 19.2 Å². The summed E-state index contributed by atoms with van der Waals surface area (Å²) in [4.78, 5) is 38.9. The number of rotatable bonds is 10. The monoisotopic (exact) mass is 364 g/mol. The second-order valence-electron chi connectivity index (χ2n) is 5.82. The van der Waals surface area contributed by atoms with E-state index in [1.807, 2.05) is 6.92 Å². The number of carbonyl (C=O) groups is 4. The molecular formula is C17H32O8. The summed E-state index contributed by atoms with van der Waals surface area (Å²) >= 11 is 0. The van der Waals surface area contributed by atoms with Crippen molar-refractivity contribution in [1.29, 1.82) is 0 Å². The highest BCUT2D eigenvalue weighted by atomic mass is 16.4. The van der Waals surface area contributed by atoms with E-state index >= 15 is 0 Å². The van der Waals surface area contributed by atoms with Crippen molar-refractivity contribution in [3.05, 3.63) is 0 Å². The lowest BCUT2D eigenvalue weighted by molar-refractivity contribution is -0.141. The molecule has 0 spiro atoms. The predicted molar refractivity (Wildman–Crippen MR) is 92.3 cm³/mol. The summed E-state index contributed by atoms with van der Waals surface area (Å²) in [5, 5.41) is 33.8. The van der Waals surface area contributed by atoms with Gasteiger partial charge in [0.05, 0.1) is 13.2 Å². The smallest absolute Gasteiger partial charge is 0.310 e. The molecule has 0 aromatic rings. The van der Waals surface area contributed by atoms with Crippen LogP contribution in [-0.2, 0) is 19.2 Å².